The molecule has 0 bridgehead atoms. The van der Waals surface area contributed by atoms with Crippen LogP contribution in [0.25, 0.3) is 0 Å². The Kier molecular flexibility index (Phi) is 5.40. The van der Waals surface area contributed by atoms with Gasteiger partial charge in [0.15, 0.2) is 0 Å². The molecule has 1 amide bonds. The minimum absolute atomic E-state index is 0.124. The van der Waals surface area contributed by atoms with Crippen molar-refractivity contribution < 1.29 is 9.90 Å². The van der Waals surface area contributed by atoms with Crippen molar-refractivity contribution in [2.24, 2.45) is 0 Å². The summed E-state index contributed by atoms with van der Waals surface area (Å²) in [4.78, 5) is 11.2. The SMILES string of the molecule is CCCC(=O)NCCCc1cccc(O)c1. The van der Waals surface area contributed by atoms with E-state index in [4.69, 9.17) is 0 Å². The van der Waals surface area contributed by atoms with Crippen LogP contribution in [-0.4, -0.2) is 17.6 Å². The molecule has 1 aromatic rings. The lowest BCUT2D eigenvalue weighted by molar-refractivity contribution is -0.121. The number of rotatable bonds is 6. The summed E-state index contributed by atoms with van der Waals surface area (Å²) in [7, 11) is 0. The van der Waals surface area contributed by atoms with Gasteiger partial charge in [-0.2, -0.15) is 0 Å². The molecule has 1 aromatic carbocycles. The lowest BCUT2D eigenvalue weighted by Gasteiger charge is -2.04. The number of benzene rings is 1. The summed E-state index contributed by atoms with van der Waals surface area (Å²) < 4.78 is 0. The fraction of sp³-hybridized carbons (Fsp3) is 0.462. The van der Waals surface area contributed by atoms with Crippen molar-refractivity contribution in [3.05, 3.63) is 29.8 Å². The zero-order chi connectivity index (χ0) is 11.8. The smallest absolute Gasteiger partial charge is 0.219 e. The van der Waals surface area contributed by atoms with Gasteiger partial charge in [0.25, 0.3) is 0 Å². The largest absolute Gasteiger partial charge is 0.508 e. The molecule has 2 N–H and O–H groups in total. The standard InChI is InChI=1S/C13H19NO2/c1-2-5-13(16)14-9-4-7-11-6-3-8-12(15)10-11/h3,6,8,10,15H,2,4-5,7,9H2,1H3,(H,14,16). The van der Waals surface area contributed by atoms with Crippen LogP contribution in [0, 0.1) is 0 Å². The lowest BCUT2D eigenvalue weighted by Crippen LogP contribution is -2.24. The van der Waals surface area contributed by atoms with Crippen molar-refractivity contribution >= 4 is 5.91 Å². The Balaban J connectivity index is 2.18. The number of nitrogens with one attached hydrogen (secondary N) is 1. The number of aromatic hydroxyl groups is 1. The minimum atomic E-state index is 0.124. The first-order valence-electron chi connectivity index (χ1n) is 5.77. The number of amides is 1. The van der Waals surface area contributed by atoms with Crippen LogP contribution in [-0.2, 0) is 11.2 Å². The molecule has 0 aliphatic heterocycles. The third kappa shape index (κ3) is 4.82. The Hall–Kier alpha value is -1.51. The quantitative estimate of drug-likeness (QED) is 0.724. The number of phenols is 1. The summed E-state index contributed by atoms with van der Waals surface area (Å²) in [6.07, 6.45) is 3.27. The molecule has 0 heterocycles. The van der Waals surface area contributed by atoms with Gasteiger partial charge in [0.1, 0.15) is 5.75 Å². The van der Waals surface area contributed by atoms with Crippen LogP contribution in [0.3, 0.4) is 0 Å². The highest BCUT2D eigenvalue weighted by Crippen LogP contribution is 2.11. The molecule has 3 heteroatoms. The molecule has 1 rings (SSSR count). The average Bonchev–Trinajstić information content (AvgIpc) is 2.25. The Bertz CT molecular complexity index is 336. The second-order valence-corrected chi connectivity index (χ2v) is 3.87. The molecule has 0 unspecified atom stereocenters. The number of carbonyl (C=O) groups excluding carboxylic acids is 1. The molecule has 0 atom stereocenters. The molecule has 3 nitrogen and oxygen atoms in total. The zero-order valence-corrected chi connectivity index (χ0v) is 9.70. The van der Waals surface area contributed by atoms with Gasteiger partial charge in [-0.05, 0) is 37.0 Å². The van der Waals surface area contributed by atoms with Gasteiger partial charge in [-0.3, -0.25) is 4.79 Å². The Morgan fingerprint density at radius 3 is 2.94 bits per heavy atom. The highest BCUT2D eigenvalue weighted by atomic mass is 16.3. The monoisotopic (exact) mass is 221 g/mol. The molecule has 0 saturated carbocycles. The average molecular weight is 221 g/mol. The van der Waals surface area contributed by atoms with Crippen molar-refractivity contribution in [3.63, 3.8) is 0 Å². The third-order valence-corrected chi connectivity index (χ3v) is 2.35. The van der Waals surface area contributed by atoms with E-state index in [0.717, 1.165) is 24.8 Å². The summed E-state index contributed by atoms with van der Waals surface area (Å²) in [5.74, 6) is 0.422. The first-order chi connectivity index (χ1) is 7.72. The van der Waals surface area contributed by atoms with Crippen LogP contribution in [0.2, 0.25) is 0 Å². The Morgan fingerprint density at radius 1 is 1.44 bits per heavy atom. The molecule has 0 fully saturated rings. The second-order valence-electron chi connectivity index (χ2n) is 3.87. The second kappa shape index (κ2) is 6.88. The predicted molar refractivity (Wildman–Crippen MR) is 64.3 cm³/mol. The molecule has 0 aliphatic carbocycles. The molecule has 0 aliphatic rings. The Labute approximate surface area is 96.5 Å². The number of carbonyl (C=O) groups is 1. The van der Waals surface area contributed by atoms with Gasteiger partial charge in [-0.25, -0.2) is 0 Å². The molecule has 0 aromatic heterocycles. The first kappa shape index (κ1) is 12.6. The molecule has 0 radical (unpaired) electrons. The van der Waals surface area contributed by atoms with Gasteiger partial charge >= 0.3 is 0 Å². The van der Waals surface area contributed by atoms with Gasteiger partial charge in [-0.15, -0.1) is 0 Å². The van der Waals surface area contributed by atoms with E-state index in [1.54, 1.807) is 12.1 Å². The van der Waals surface area contributed by atoms with E-state index in [1.165, 1.54) is 0 Å². The zero-order valence-electron chi connectivity index (χ0n) is 9.70. The predicted octanol–water partition coefficient (Wildman–Crippen LogP) is 2.24. The van der Waals surface area contributed by atoms with E-state index in [1.807, 2.05) is 19.1 Å². The van der Waals surface area contributed by atoms with E-state index in [0.29, 0.717) is 18.7 Å². The number of phenolic OH excluding ortho intramolecular Hbond substituents is 1. The van der Waals surface area contributed by atoms with Crippen molar-refractivity contribution in [1.82, 2.24) is 5.32 Å². The molecule has 88 valence electrons. The summed E-state index contributed by atoms with van der Waals surface area (Å²) in [6, 6.07) is 7.23. The first-order valence-corrected chi connectivity index (χ1v) is 5.77. The molecule has 0 spiro atoms. The van der Waals surface area contributed by atoms with Crippen LogP contribution in [0.4, 0.5) is 0 Å². The maximum absolute atomic E-state index is 11.2. The highest BCUT2D eigenvalue weighted by molar-refractivity contribution is 5.75. The van der Waals surface area contributed by atoms with Crippen molar-refractivity contribution in [2.75, 3.05) is 6.54 Å². The van der Waals surface area contributed by atoms with Crippen molar-refractivity contribution in [1.29, 1.82) is 0 Å². The third-order valence-electron chi connectivity index (χ3n) is 2.35. The van der Waals surface area contributed by atoms with E-state index in [-0.39, 0.29) is 5.91 Å². The molecule has 16 heavy (non-hydrogen) atoms. The molecular formula is C13H19NO2. The summed E-state index contributed by atoms with van der Waals surface area (Å²) >= 11 is 0. The van der Waals surface area contributed by atoms with Crippen molar-refractivity contribution in [3.8, 4) is 5.75 Å². The topological polar surface area (TPSA) is 49.3 Å². The number of aryl methyl sites for hydroxylation is 1. The maximum atomic E-state index is 11.2. The van der Waals surface area contributed by atoms with E-state index >= 15 is 0 Å². The number of hydrogen-bond donors (Lipinski definition) is 2. The van der Waals surface area contributed by atoms with Gasteiger partial charge in [-0.1, -0.05) is 19.1 Å². The van der Waals surface area contributed by atoms with E-state index < -0.39 is 0 Å². The van der Waals surface area contributed by atoms with Gasteiger partial charge in [0.2, 0.25) is 5.91 Å². The van der Waals surface area contributed by atoms with Crippen LogP contribution in [0.1, 0.15) is 31.7 Å². The summed E-state index contributed by atoms with van der Waals surface area (Å²) in [5, 5.41) is 12.1. The highest BCUT2D eigenvalue weighted by Gasteiger charge is 1.98. The maximum Gasteiger partial charge on any atom is 0.219 e. The van der Waals surface area contributed by atoms with Crippen LogP contribution < -0.4 is 5.32 Å². The van der Waals surface area contributed by atoms with E-state index in [2.05, 4.69) is 5.32 Å². The summed E-state index contributed by atoms with van der Waals surface area (Å²) in [5.41, 5.74) is 1.10. The fourth-order valence-corrected chi connectivity index (χ4v) is 1.55. The Morgan fingerprint density at radius 2 is 2.25 bits per heavy atom. The van der Waals surface area contributed by atoms with Crippen LogP contribution in [0.5, 0.6) is 5.75 Å². The van der Waals surface area contributed by atoms with Gasteiger partial charge in [0.05, 0.1) is 0 Å². The molecule has 0 saturated heterocycles. The van der Waals surface area contributed by atoms with Gasteiger partial charge in [0, 0.05) is 13.0 Å². The van der Waals surface area contributed by atoms with Crippen molar-refractivity contribution in [2.45, 2.75) is 32.6 Å². The fourth-order valence-electron chi connectivity index (χ4n) is 1.55. The van der Waals surface area contributed by atoms with Crippen LogP contribution >= 0.6 is 0 Å². The van der Waals surface area contributed by atoms with Crippen LogP contribution in [0.15, 0.2) is 24.3 Å². The lowest BCUT2D eigenvalue weighted by atomic mass is 10.1. The van der Waals surface area contributed by atoms with E-state index in [9.17, 15) is 9.90 Å². The normalized spacial score (nSPS) is 10.1. The number of hydrogen-bond acceptors (Lipinski definition) is 2. The minimum Gasteiger partial charge on any atom is -0.508 e. The summed E-state index contributed by atoms with van der Waals surface area (Å²) in [6.45, 7) is 2.70. The van der Waals surface area contributed by atoms with Gasteiger partial charge < -0.3 is 10.4 Å². The molecular weight excluding hydrogens is 202 g/mol.